The summed E-state index contributed by atoms with van der Waals surface area (Å²) in [5.41, 5.74) is 1.69. The Kier molecular flexibility index (Phi) is 5.11. The summed E-state index contributed by atoms with van der Waals surface area (Å²) < 4.78 is 2.88. The maximum atomic E-state index is 9.60. The third-order valence-corrected chi connectivity index (χ3v) is 1.52. The monoisotopic (exact) mass is 132 g/mol. The van der Waals surface area contributed by atoms with E-state index in [1.165, 1.54) is 0 Å². The van der Waals surface area contributed by atoms with Crippen LogP contribution in [0, 0.1) is 0 Å². The van der Waals surface area contributed by atoms with Gasteiger partial charge in [-0.15, -0.1) is 0 Å². The molecule has 0 amide bonds. The van der Waals surface area contributed by atoms with Crippen molar-refractivity contribution in [3.8, 4) is 0 Å². The quantitative estimate of drug-likeness (QED) is 0.580. The topological polar surface area (TPSA) is 29.1 Å². The Labute approximate surface area is 54.2 Å². The highest BCUT2D eigenvalue weighted by atomic mass is 32.2. The Morgan fingerprint density at radius 1 is 1.88 bits per heavy atom. The van der Waals surface area contributed by atoms with Crippen LogP contribution in [-0.2, 0) is 4.79 Å². The molecule has 47 valence electrons. The van der Waals surface area contributed by atoms with Crippen LogP contribution in [0.3, 0.4) is 0 Å². The summed E-state index contributed by atoms with van der Waals surface area (Å²) in [6.45, 7) is 4.08. The summed E-state index contributed by atoms with van der Waals surface area (Å²) in [6, 6.07) is 0.404. The summed E-state index contributed by atoms with van der Waals surface area (Å²) in [5.74, 6) is 0. The maximum absolute atomic E-state index is 9.60. The van der Waals surface area contributed by atoms with Crippen LogP contribution in [0.25, 0.3) is 0 Å². The second-order valence-corrected chi connectivity index (χ2v) is 2.22. The molecule has 0 aliphatic carbocycles. The van der Waals surface area contributed by atoms with Gasteiger partial charge in [0.05, 0.1) is 0 Å². The van der Waals surface area contributed by atoms with Crippen LogP contribution >= 0.6 is 11.9 Å². The van der Waals surface area contributed by atoms with Crippen LogP contribution < -0.4 is 4.72 Å². The molecule has 3 heteroatoms. The molecule has 0 aromatic heterocycles. The van der Waals surface area contributed by atoms with Gasteiger partial charge < -0.3 is 0 Å². The molecule has 1 radical (unpaired) electrons. The Balaban J connectivity index is 2.97. The van der Waals surface area contributed by atoms with Crippen LogP contribution in [0.1, 0.15) is 20.3 Å². The Bertz CT molecular complexity index is 67.4. The van der Waals surface area contributed by atoms with Crippen molar-refractivity contribution in [2.45, 2.75) is 26.3 Å². The molecule has 0 saturated heterocycles. The number of hydrogen-bond acceptors (Lipinski definition) is 3. The first-order valence-electron chi connectivity index (χ1n) is 2.59. The molecule has 0 aliphatic heterocycles. The molecule has 0 bridgehead atoms. The molecule has 1 N–H and O–H groups in total. The summed E-state index contributed by atoms with van der Waals surface area (Å²) >= 11 is 0.985. The SMILES string of the molecule is CCC(C)NS[C]=O. The highest BCUT2D eigenvalue weighted by Crippen LogP contribution is 1.93. The second-order valence-electron chi connectivity index (χ2n) is 1.61. The van der Waals surface area contributed by atoms with E-state index in [0.717, 1.165) is 18.4 Å². The standard InChI is InChI=1S/C5H10NOS/c1-3-5(2)6-8-4-7/h5-6H,3H2,1-2H3. The fourth-order valence-electron chi connectivity index (χ4n) is 0.208. The van der Waals surface area contributed by atoms with Gasteiger partial charge in [-0.1, -0.05) is 6.92 Å². The third kappa shape index (κ3) is 4.15. The number of hydrogen-bond donors (Lipinski definition) is 1. The first kappa shape index (κ1) is 7.98. The predicted octanol–water partition coefficient (Wildman–Crippen LogP) is 1.09. The fraction of sp³-hybridized carbons (Fsp3) is 0.800. The lowest BCUT2D eigenvalue weighted by atomic mass is 10.3. The maximum Gasteiger partial charge on any atom is 0.282 e. The fourth-order valence-corrected chi connectivity index (χ4v) is 0.624. The van der Waals surface area contributed by atoms with E-state index in [1.807, 2.05) is 6.92 Å². The molecule has 0 fully saturated rings. The van der Waals surface area contributed by atoms with Crippen molar-refractivity contribution in [1.29, 1.82) is 0 Å². The van der Waals surface area contributed by atoms with E-state index in [1.54, 1.807) is 5.62 Å². The average Bonchev–Trinajstić information content (AvgIpc) is 1.83. The van der Waals surface area contributed by atoms with Gasteiger partial charge in [-0.3, -0.25) is 9.52 Å². The van der Waals surface area contributed by atoms with E-state index in [4.69, 9.17) is 0 Å². The van der Waals surface area contributed by atoms with Crippen molar-refractivity contribution < 1.29 is 4.79 Å². The highest BCUT2D eigenvalue weighted by molar-refractivity contribution is 8.10. The molecule has 0 spiro atoms. The minimum Gasteiger partial charge on any atom is -0.276 e. The number of nitrogens with one attached hydrogen (secondary N) is 1. The lowest BCUT2D eigenvalue weighted by Gasteiger charge is -2.04. The largest absolute Gasteiger partial charge is 0.282 e. The van der Waals surface area contributed by atoms with Gasteiger partial charge in [-0.05, 0) is 13.3 Å². The highest BCUT2D eigenvalue weighted by Gasteiger charge is 1.93. The Morgan fingerprint density at radius 3 is 2.88 bits per heavy atom. The summed E-state index contributed by atoms with van der Waals surface area (Å²) in [4.78, 5) is 9.60. The van der Waals surface area contributed by atoms with Crippen molar-refractivity contribution in [1.82, 2.24) is 4.72 Å². The van der Waals surface area contributed by atoms with E-state index >= 15 is 0 Å². The molecule has 1 atom stereocenters. The Hall–Kier alpha value is -0.0200. The first-order valence-corrected chi connectivity index (χ1v) is 3.41. The van der Waals surface area contributed by atoms with Crippen molar-refractivity contribution in [2.24, 2.45) is 0 Å². The van der Waals surface area contributed by atoms with Crippen molar-refractivity contribution >= 4 is 17.6 Å². The molecule has 8 heavy (non-hydrogen) atoms. The van der Waals surface area contributed by atoms with Gasteiger partial charge in [0.15, 0.2) is 0 Å². The molecular weight excluding hydrogens is 122 g/mol. The van der Waals surface area contributed by atoms with E-state index in [9.17, 15) is 4.79 Å². The van der Waals surface area contributed by atoms with Gasteiger partial charge >= 0.3 is 0 Å². The molecule has 1 unspecified atom stereocenters. The van der Waals surface area contributed by atoms with Gasteiger partial charge in [-0.25, -0.2) is 0 Å². The third-order valence-electron chi connectivity index (χ3n) is 0.914. The van der Waals surface area contributed by atoms with Gasteiger partial charge in [0.2, 0.25) is 0 Å². The zero-order valence-electron chi connectivity index (χ0n) is 5.10. The molecule has 0 rings (SSSR count). The second kappa shape index (κ2) is 5.12. The van der Waals surface area contributed by atoms with Crippen LogP contribution in [0.4, 0.5) is 0 Å². The average molecular weight is 132 g/mol. The summed E-state index contributed by atoms with van der Waals surface area (Å²) in [5, 5.41) is 0. The van der Waals surface area contributed by atoms with E-state index in [-0.39, 0.29) is 0 Å². The zero-order chi connectivity index (χ0) is 6.41. The molecule has 0 aliphatic rings. The summed E-state index contributed by atoms with van der Waals surface area (Å²) in [6.07, 6.45) is 1.04. The lowest BCUT2D eigenvalue weighted by Crippen LogP contribution is -2.17. The minimum absolute atomic E-state index is 0.404. The smallest absolute Gasteiger partial charge is 0.276 e. The normalized spacial score (nSPS) is 13.2. The van der Waals surface area contributed by atoms with Crippen molar-refractivity contribution in [2.75, 3.05) is 0 Å². The van der Waals surface area contributed by atoms with Crippen LogP contribution in [-0.4, -0.2) is 11.7 Å². The molecule has 0 heterocycles. The van der Waals surface area contributed by atoms with Gasteiger partial charge in [0.25, 0.3) is 5.62 Å². The van der Waals surface area contributed by atoms with E-state index in [0.29, 0.717) is 6.04 Å². The lowest BCUT2D eigenvalue weighted by molar-refractivity contribution is 0.569. The van der Waals surface area contributed by atoms with Gasteiger partial charge in [0, 0.05) is 18.0 Å². The van der Waals surface area contributed by atoms with E-state index < -0.39 is 0 Å². The van der Waals surface area contributed by atoms with Crippen LogP contribution in [0.2, 0.25) is 0 Å². The van der Waals surface area contributed by atoms with Crippen molar-refractivity contribution in [3.63, 3.8) is 0 Å². The number of carbonyl (C=O) groups excluding carboxylic acids is 1. The van der Waals surface area contributed by atoms with Gasteiger partial charge in [0.1, 0.15) is 0 Å². The van der Waals surface area contributed by atoms with Gasteiger partial charge in [-0.2, -0.15) is 0 Å². The molecule has 0 saturated carbocycles. The van der Waals surface area contributed by atoms with E-state index in [2.05, 4.69) is 11.6 Å². The number of rotatable bonds is 4. The summed E-state index contributed by atoms with van der Waals surface area (Å²) in [7, 11) is 0. The van der Waals surface area contributed by atoms with Crippen molar-refractivity contribution in [3.05, 3.63) is 0 Å². The molecule has 0 aromatic carbocycles. The Morgan fingerprint density at radius 2 is 2.50 bits per heavy atom. The van der Waals surface area contributed by atoms with Crippen LogP contribution in [0.5, 0.6) is 0 Å². The van der Waals surface area contributed by atoms with Crippen LogP contribution in [0.15, 0.2) is 0 Å². The molecular formula is C5H10NOS. The predicted molar refractivity (Wildman–Crippen MR) is 36.2 cm³/mol. The minimum atomic E-state index is 0.404. The molecule has 2 nitrogen and oxygen atoms in total. The zero-order valence-corrected chi connectivity index (χ0v) is 5.92. The first-order chi connectivity index (χ1) is 3.81. The molecule has 0 aromatic rings.